The van der Waals surface area contributed by atoms with Gasteiger partial charge in [0.05, 0.1) is 15.5 Å². The Bertz CT molecular complexity index is 1440. The Hall–Kier alpha value is -2.86. The third-order valence-electron chi connectivity index (χ3n) is 6.36. The second kappa shape index (κ2) is 11.7. The second-order valence-corrected chi connectivity index (χ2v) is 11.6. The molecule has 208 valence electrons. The van der Waals surface area contributed by atoms with Crippen molar-refractivity contribution >= 4 is 50.5 Å². The average Bonchev–Trinajstić information content (AvgIpc) is 2.87. The van der Waals surface area contributed by atoms with E-state index in [1.165, 1.54) is 30.3 Å². The molecule has 1 aliphatic heterocycles. The van der Waals surface area contributed by atoms with Gasteiger partial charge in [0.2, 0.25) is 5.91 Å². The predicted octanol–water partition coefficient (Wildman–Crippen LogP) is 6.80. The number of amides is 1. The molecule has 3 aromatic rings. The van der Waals surface area contributed by atoms with Gasteiger partial charge in [-0.05, 0) is 80.5 Å². The summed E-state index contributed by atoms with van der Waals surface area (Å²) >= 11 is 11.7. The fourth-order valence-electron chi connectivity index (χ4n) is 4.24. The Balaban J connectivity index is 1.33. The van der Waals surface area contributed by atoms with Crippen LogP contribution in [0.3, 0.4) is 0 Å². The lowest BCUT2D eigenvalue weighted by molar-refractivity contribution is -0.137. The zero-order valence-electron chi connectivity index (χ0n) is 20.2. The minimum Gasteiger partial charge on any atom is -0.326 e. The molecule has 1 fully saturated rings. The molecular formula is C26H23Cl2F4N3O3S. The summed E-state index contributed by atoms with van der Waals surface area (Å²) in [6.45, 7) is 1.50. The van der Waals surface area contributed by atoms with Crippen LogP contribution >= 0.6 is 23.2 Å². The molecule has 6 nitrogen and oxygen atoms in total. The van der Waals surface area contributed by atoms with Crippen LogP contribution in [0, 0.1) is 11.7 Å². The Morgan fingerprint density at radius 2 is 1.59 bits per heavy atom. The summed E-state index contributed by atoms with van der Waals surface area (Å²) in [5.41, 5.74) is -0.675. The van der Waals surface area contributed by atoms with Crippen LogP contribution in [0.4, 0.5) is 28.9 Å². The van der Waals surface area contributed by atoms with Crippen molar-refractivity contribution in [1.82, 2.24) is 4.90 Å². The number of rotatable bonds is 7. The van der Waals surface area contributed by atoms with Crippen LogP contribution in [-0.2, 0) is 27.5 Å². The summed E-state index contributed by atoms with van der Waals surface area (Å²) in [5, 5.41) is 2.57. The van der Waals surface area contributed by atoms with Gasteiger partial charge in [0.1, 0.15) is 5.82 Å². The van der Waals surface area contributed by atoms with E-state index in [1.807, 2.05) is 4.90 Å². The number of hydrogen-bond donors (Lipinski definition) is 2. The lowest BCUT2D eigenvalue weighted by atomic mass is 9.95. The first kappa shape index (κ1) is 29.1. The van der Waals surface area contributed by atoms with Gasteiger partial charge < -0.3 is 5.32 Å². The monoisotopic (exact) mass is 603 g/mol. The molecule has 2 N–H and O–H groups in total. The third-order valence-corrected chi connectivity index (χ3v) is 8.44. The van der Waals surface area contributed by atoms with Crippen LogP contribution in [0.5, 0.6) is 0 Å². The molecule has 39 heavy (non-hydrogen) atoms. The maximum absolute atomic E-state index is 14.1. The quantitative estimate of drug-likeness (QED) is 0.291. The molecule has 0 radical (unpaired) electrons. The number of nitrogens with zero attached hydrogens (tertiary/aromatic N) is 1. The van der Waals surface area contributed by atoms with Gasteiger partial charge in [0, 0.05) is 34.4 Å². The number of carbonyl (C=O) groups is 1. The van der Waals surface area contributed by atoms with Crippen LogP contribution in [0.1, 0.15) is 24.0 Å². The molecule has 0 atom stereocenters. The lowest BCUT2D eigenvalue weighted by Crippen LogP contribution is -2.38. The molecule has 0 aromatic heterocycles. The normalized spacial score (nSPS) is 15.2. The van der Waals surface area contributed by atoms with Crippen LogP contribution in [0.15, 0.2) is 65.6 Å². The Labute approximate surface area is 233 Å². The van der Waals surface area contributed by atoms with E-state index < -0.39 is 26.8 Å². The molecule has 0 unspecified atom stereocenters. The molecule has 1 heterocycles. The number of piperidine rings is 1. The maximum atomic E-state index is 14.1. The highest BCUT2D eigenvalue weighted by Gasteiger charge is 2.34. The molecule has 13 heteroatoms. The number of likely N-dealkylation sites (tertiary alicyclic amines) is 1. The number of alkyl halides is 3. The summed E-state index contributed by atoms with van der Waals surface area (Å²) in [5.74, 6) is -0.884. The summed E-state index contributed by atoms with van der Waals surface area (Å²) in [6.07, 6.45) is -3.65. The lowest BCUT2D eigenvalue weighted by Gasteiger charge is -2.31. The largest absolute Gasteiger partial charge is 0.417 e. The number of sulfonamides is 1. The van der Waals surface area contributed by atoms with Gasteiger partial charge in [-0.1, -0.05) is 29.3 Å². The van der Waals surface area contributed by atoms with Gasteiger partial charge in [-0.15, -0.1) is 0 Å². The number of anilines is 2. The van der Waals surface area contributed by atoms with Crippen LogP contribution in [0.2, 0.25) is 10.0 Å². The Kier molecular flexibility index (Phi) is 8.75. The third kappa shape index (κ3) is 7.21. The SMILES string of the molecule is O=C(Nc1ccc(S(=O)(=O)Nc2ccc(Cl)c(C(F)(F)F)c2)cc1)C1CCN(Cc2c(F)cccc2Cl)CC1. The zero-order chi connectivity index (χ0) is 28.4. The molecule has 0 bridgehead atoms. The molecular weight excluding hydrogens is 581 g/mol. The van der Waals surface area contributed by atoms with E-state index in [0.717, 1.165) is 12.1 Å². The Morgan fingerprint density at radius 3 is 2.21 bits per heavy atom. The van der Waals surface area contributed by atoms with Crippen molar-refractivity contribution in [3.8, 4) is 0 Å². The molecule has 1 aliphatic rings. The minimum atomic E-state index is -4.75. The summed E-state index contributed by atoms with van der Waals surface area (Å²) < 4.78 is 80.8. The molecule has 1 amide bonds. The first-order chi connectivity index (χ1) is 18.3. The van der Waals surface area contributed by atoms with Crippen molar-refractivity contribution in [1.29, 1.82) is 0 Å². The zero-order valence-corrected chi connectivity index (χ0v) is 22.6. The number of hydrogen-bond acceptors (Lipinski definition) is 4. The average molecular weight is 604 g/mol. The van der Waals surface area contributed by atoms with Gasteiger partial charge in [-0.3, -0.25) is 14.4 Å². The molecule has 1 saturated heterocycles. The summed E-state index contributed by atoms with van der Waals surface area (Å²) in [6, 6.07) is 12.5. The smallest absolute Gasteiger partial charge is 0.326 e. The van der Waals surface area contributed by atoms with E-state index in [4.69, 9.17) is 23.2 Å². The summed E-state index contributed by atoms with van der Waals surface area (Å²) in [7, 11) is -4.21. The van der Waals surface area contributed by atoms with Crippen molar-refractivity contribution < 1.29 is 30.8 Å². The number of benzene rings is 3. The number of carbonyl (C=O) groups excluding carboxylic acids is 1. The van der Waals surface area contributed by atoms with Crippen molar-refractivity contribution in [2.24, 2.45) is 5.92 Å². The molecule has 0 saturated carbocycles. The van der Waals surface area contributed by atoms with Gasteiger partial charge in [-0.25, -0.2) is 12.8 Å². The van der Waals surface area contributed by atoms with E-state index in [-0.39, 0.29) is 28.2 Å². The van der Waals surface area contributed by atoms with Gasteiger partial charge in [0.25, 0.3) is 10.0 Å². The van der Waals surface area contributed by atoms with E-state index in [0.29, 0.717) is 54.8 Å². The van der Waals surface area contributed by atoms with E-state index >= 15 is 0 Å². The fraction of sp³-hybridized carbons (Fsp3) is 0.269. The summed E-state index contributed by atoms with van der Waals surface area (Å²) in [4.78, 5) is 14.6. The van der Waals surface area contributed by atoms with Gasteiger partial charge in [0.15, 0.2) is 0 Å². The number of nitrogens with one attached hydrogen (secondary N) is 2. The minimum absolute atomic E-state index is 0.205. The van der Waals surface area contributed by atoms with Crippen molar-refractivity contribution in [3.05, 3.63) is 87.7 Å². The Morgan fingerprint density at radius 1 is 0.949 bits per heavy atom. The van der Waals surface area contributed by atoms with E-state index in [1.54, 1.807) is 12.1 Å². The number of halogens is 6. The van der Waals surface area contributed by atoms with Crippen molar-refractivity contribution in [3.63, 3.8) is 0 Å². The second-order valence-electron chi connectivity index (χ2n) is 9.06. The van der Waals surface area contributed by atoms with E-state index in [2.05, 4.69) is 10.0 Å². The highest BCUT2D eigenvalue weighted by Crippen LogP contribution is 2.36. The van der Waals surface area contributed by atoms with Crippen LogP contribution in [0.25, 0.3) is 0 Å². The van der Waals surface area contributed by atoms with Gasteiger partial charge >= 0.3 is 6.18 Å². The molecule has 0 aliphatic carbocycles. The van der Waals surface area contributed by atoms with Crippen molar-refractivity contribution in [2.75, 3.05) is 23.1 Å². The maximum Gasteiger partial charge on any atom is 0.417 e. The van der Waals surface area contributed by atoms with Crippen LogP contribution < -0.4 is 10.0 Å². The van der Waals surface area contributed by atoms with E-state index in [9.17, 15) is 30.8 Å². The standard InChI is InChI=1S/C26H23Cl2F4N3O3S/c27-22-2-1-3-24(29)20(22)15-35-12-10-16(11-13-35)25(36)33-17-4-7-19(8-5-17)39(37,38)34-18-6-9-23(28)21(14-18)26(30,31)32/h1-9,14,16,34H,10-13,15H2,(H,33,36). The molecule has 0 spiro atoms. The highest BCUT2D eigenvalue weighted by atomic mass is 35.5. The first-order valence-electron chi connectivity index (χ1n) is 11.8. The van der Waals surface area contributed by atoms with Crippen LogP contribution in [-0.4, -0.2) is 32.3 Å². The first-order valence-corrected chi connectivity index (χ1v) is 14.0. The van der Waals surface area contributed by atoms with Crippen molar-refractivity contribution in [2.45, 2.75) is 30.5 Å². The van der Waals surface area contributed by atoms with Gasteiger partial charge in [-0.2, -0.15) is 13.2 Å². The highest BCUT2D eigenvalue weighted by molar-refractivity contribution is 7.92. The topological polar surface area (TPSA) is 78.5 Å². The molecule has 3 aromatic carbocycles. The fourth-order valence-corrected chi connectivity index (χ4v) is 5.74. The predicted molar refractivity (Wildman–Crippen MR) is 142 cm³/mol. The molecule has 4 rings (SSSR count).